The van der Waals surface area contributed by atoms with Gasteiger partial charge in [-0.15, -0.1) is 0 Å². The zero-order chi connectivity index (χ0) is 15.1. The van der Waals surface area contributed by atoms with Crippen molar-refractivity contribution in [2.75, 3.05) is 11.9 Å². The molecule has 0 aromatic heterocycles. The molecule has 0 aliphatic rings. The van der Waals surface area contributed by atoms with Crippen LogP contribution in [-0.2, 0) is 6.54 Å². The third-order valence-corrected chi connectivity index (χ3v) is 4.65. The Morgan fingerprint density at radius 3 is 2.00 bits per heavy atom. The second kappa shape index (κ2) is 8.35. The molecule has 1 unspecified atom stereocenters. The smallest absolute Gasteiger partial charge is 0.0236 e. The van der Waals surface area contributed by atoms with Gasteiger partial charge in [-0.1, -0.05) is 76.6 Å². The van der Waals surface area contributed by atoms with Crippen molar-refractivity contribution >= 4 is 15.9 Å². The van der Waals surface area contributed by atoms with Crippen LogP contribution in [0, 0.1) is 0 Å². The number of hydrogen-bond donors (Lipinski definition) is 0. The summed E-state index contributed by atoms with van der Waals surface area (Å²) >= 11 is 3.69. The van der Waals surface area contributed by atoms with Gasteiger partial charge in [-0.25, -0.2) is 0 Å². The molecule has 0 N–H and O–H groups in total. The van der Waals surface area contributed by atoms with E-state index in [1.54, 1.807) is 0 Å². The summed E-state index contributed by atoms with van der Waals surface area (Å²) in [6.45, 7) is 6.63. The molecule has 1 atom stereocenters. The highest BCUT2D eigenvalue weighted by molar-refractivity contribution is 9.09. The average molecular weight is 346 g/mol. The summed E-state index contributed by atoms with van der Waals surface area (Å²) in [7, 11) is 0. The summed E-state index contributed by atoms with van der Waals surface area (Å²) in [4.78, 5) is 2.55. The molecule has 2 heteroatoms. The quantitative estimate of drug-likeness (QED) is 0.632. The SMILES string of the molecule is CC(C)N(Cc1ccccc1)CC(CBr)c1ccccc1. The van der Waals surface area contributed by atoms with Crippen molar-refractivity contribution in [1.29, 1.82) is 0 Å². The van der Waals surface area contributed by atoms with Crippen LogP contribution in [0.5, 0.6) is 0 Å². The van der Waals surface area contributed by atoms with Gasteiger partial charge in [-0.05, 0) is 25.0 Å². The molecule has 0 amide bonds. The number of hydrogen-bond acceptors (Lipinski definition) is 1. The minimum absolute atomic E-state index is 0.525. The second-order valence-corrected chi connectivity index (χ2v) is 6.42. The number of halogens is 1. The molecule has 2 aromatic rings. The minimum Gasteiger partial charge on any atom is -0.296 e. The van der Waals surface area contributed by atoms with Gasteiger partial charge in [0.2, 0.25) is 0 Å². The Hall–Kier alpha value is -1.12. The lowest BCUT2D eigenvalue weighted by molar-refractivity contribution is 0.203. The highest BCUT2D eigenvalue weighted by atomic mass is 79.9. The van der Waals surface area contributed by atoms with E-state index < -0.39 is 0 Å². The molecule has 2 aromatic carbocycles. The monoisotopic (exact) mass is 345 g/mol. The van der Waals surface area contributed by atoms with E-state index in [0.29, 0.717) is 12.0 Å². The Bertz CT molecular complexity index is 510. The fourth-order valence-corrected chi connectivity index (χ4v) is 3.11. The van der Waals surface area contributed by atoms with Crippen LogP contribution in [0.4, 0.5) is 0 Å². The Labute approximate surface area is 137 Å². The largest absolute Gasteiger partial charge is 0.296 e. The van der Waals surface area contributed by atoms with Crippen LogP contribution in [0.15, 0.2) is 60.7 Å². The zero-order valence-electron chi connectivity index (χ0n) is 12.9. The summed E-state index contributed by atoms with van der Waals surface area (Å²) in [5, 5.41) is 0.995. The molecule has 0 heterocycles. The van der Waals surface area contributed by atoms with Gasteiger partial charge in [0.25, 0.3) is 0 Å². The molecule has 21 heavy (non-hydrogen) atoms. The first-order valence-electron chi connectivity index (χ1n) is 7.59. The maximum absolute atomic E-state index is 3.69. The van der Waals surface area contributed by atoms with Gasteiger partial charge in [-0.2, -0.15) is 0 Å². The Kier molecular flexibility index (Phi) is 6.47. The van der Waals surface area contributed by atoms with Crippen molar-refractivity contribution in [3.8, 4) is 0 Å². The summed E-state index contributed by atoms with van der Waals surface area (Å²) < 4.78 is 0. The lowest BCUT2D eigenvalue weighted by Crippen LogP contribution is -2.34. The van der Waals surface area contributed by atoms with Crippen LogP contribution < -0.4 is 0 Å². The van der Waals surface area contributed by atoms with Gasteiger partial charge in [0, 0.05) is 30.4 Å². The minimum atomic E-state index is 0.525. The molecule has 1 nitrogen and oxygen atoms in total. The van der Waals surface area contributed by atoms with E-state index in [1.165, 1.54) is 11.1 Å². The van der Waals surface area contributed by atoms with E-state index in [2.05, 4.69) is 95.3 Å². The van der Waals surface area contributed by atoms with Crippen molar-refractivity contribution in [3.63, 3.8) is 0 Å². The highest BCUT2D eigenvalue weighted by Crippen LogP contribution is 2.21. The van der Waals surface area contributed by atoms with E-state index in [9.17, 15) is 0 Å². The molecule has 0 fully saturated rings. The van der Waals surface area contributed by atoms with Crippen LogP contribution in [0.25, 0.3) is 0 Å². The Balaban J connectivity index is 2.08. The number of nitrogens with zero attached hydrogens (tertiary/aromatic N) is 1. The lowest BCUT2D eigenvalue weighted by atomic mass is 10.00. The number of rotatable bonds is 7. The standard InChI is InChI=1S/C19H24BrN/c1-16(2)21(14-17-9-5-3-6-10-17)15-19(13-20)18-11-7-4-8-12-18/h3-12,16,19H,13-15H2,1-2H3. The Morgan fingerprint density at radius 2 is 1.48 bits per heavy atom. The normalized spacial score (nSPS) is 12.8. The molecule has 2 rings (SSSR count). The van der Waals surface area contributed by atoms with E-state index in [-0.39, 0.29) is 0 Å². The first-order chi connectivity index (χ1) is 10.2. The maximum Gasteiger partial charge on any atom is 0.0236 e. The van der Waals surface area contributed by atoms with E-state index >= 15 is 0 Å². The second-order valence-electron chi connectivity index (χ2n) is 5.77. The fraction of sp³-hybridized carbons (Fsp3) is 0.368. The first-order valence-corrected chi connectivity index (χ1v) is 8.71. The maximum atomic E-state index is 3.69. The van der Waals surface area contributed by atoms with Crippen molar-refractivity contribution in [2.24, 2.45) is 0 Å². The van der Waals surface area contributed by atoms with Crippen molar-refractivity contribution < 1.29 is 0 Å². The van der Waals surface area contributed by atoms with Crippen molar-refractivity contribution in [1.82, 2.24) is 4.90 Å². The highest BCUT2D eigenvalue weighted by Gasteiger charge is 2.17. The van der Waals surface area contributed by atoms with Crippen LogP contribution in [-0.4, -0.2) is 22.8 Å². The van der Waals surface area contributed by atoms with E-state index in [0.717, 1.165) is 18.4 Å². The van der Waals surface area contributed by atoms with Gasteiger partial charge in [-0.3, -0.25) is 4.90 Å². The summed E-state index contributed by atoms with van der Waals surface area (Å²) in [5.74, 6) is 0.525. The zero-order valence-corrected chi connectivity index (χ0v) is 14.5. The molecule has 0 saturated carbocycles. The van der Waals surface area contributed by atoms with E-state index in [1.807, 2.05) is 0 Å². The molecule has 0 bridgehead atoms. The fourth-order valence-electron chi connectivity index (χ4n) is 2.53. The summed E-state index contributed by atoms with van der Waals surface area (Å²) in [5.41, 5.74) is 2.79. The topological polar surface area (TPSA) is 3.24 Å². The van der Waals surface area contributed by atoms with Crippen LogP contribution in [0.3, 0.4) is 0 Å². The third kappa shape index (κ3) is 4.98. The summed E-state index contributed by atoms with van der Waals surface area (Å²) in [6, 6.07) is 22.1. The van der Waals surface area contributed by atoms with Gasteiger partial charge < -0.3 is 0 Å². The van der Waals surface area contributed by atoms with Crippen LogP contribution in [0.2, 0.25) is 0 Å². The number of benzene rings is 2. The van der Waals surface area contributed by atoms with E-state index in [4.69, 9.17) is 0 Å². The van der Waals surface area contributed by atoms with Gasteiger partial charge in [0.1, 0.15) is 0 Å². The molecular weight excluding hydrogens is 322 g/mol. The van der Waals surface area contributed by atoms with Gasteiger partial charge >= 0.3 is 0 Å². The Morgan fingerprint density at radius 1 is 0.905 bits per heavy atom. The molecule has 0 spiro atoms. The molecule has 0 aliphatic carbocycles. The predicted molar refractivity (Wildman–Crippen MR) is 95.0 cm³/mol. The lowest BCUT2D eigenvalue weighted by Gasteiger charge is -2.30. The third-order valence-electron chi connectivity index (χ3n) is 3.87. The summed E-state index contributed by atoms with van der Waals surface area (Å²) in [6.07, 6.45) is 0. The molecule has 0 saturated heterocycles. The predicted octanol–water partition coefficient (Wildman–Crippen LogP) is 5.08. The molecule has 0 aliphatic heterocycles. The van der Waals surface area contributed by atoms with Crippen LogP contribution in [0.1, 0.15) is 30.9 Å². The average Bonchev–Trinajstić information content (AvgIpc) is 2.53. The first kappa shape index (κ1) is 16.3. The molecule has 0 radical (unpaired) electrons. The van der Waals surface area contributed by atoms with Gasteiger partial charge in [0.05, 0.1) is 0 Å². The molecular formula is C19H24BrN. The van der Waals surface area contributed by atoms with Crippen molar-refractivity contribution in [2.45, 2.75) is 32.4 Å². The number of alkyl halides is 1. The van der Waals surface area contributed by atoms with Gasteiger partial charge in [0.15, 0.2) is 0 Å². The molecule has 112 valence electrons. The van der Waals surface area contributed by atoms with Crippen molar-refractivity contribution in [3.05, 3.63) is 71.8 Å². The van der Waals surface area contributed by atoms with Crippen LogP contribution >= 0.6 is 15.9 Å².